The molecule has 0 spiro atoms. The van der Waals surface area contributed by atoms with Crippen LogP contribution in [0, 0.1) is 25.5 Å². The van der Waals surface area contributed by atoms with E-state index < -0.39 is 11.6 Å². The van der Waals surface area contributed by atoms with Crippen molar-refractivity contribution >= 4 is 0 Å². The van der Waals surface area contributed by atoms with E-state index in [1.165, 1.54) is 18.2 Å². The molecule has 0 amide bonds. The third-order valence-corrected chi connectivity index (χ3v) is 6.37. The zero-order valence-electron chi connectivity index (χ0n) is 19.1. The van der Waals surface area contributed by atoms with Crippen molar-refractivity contribution in [2.45, 2.75) is 32.6 Å². The standard InChI is InChI=1S/C27H25F2N3O2/c1-16-4-3-5-17(2)25(16)32-15-19(6-9-23(32)33)24-26(21-8-7-20(28)14-22(21)29)34-27(31-24)18-10-12-30-13-11-18/h3-9,14-15,18,30H,10-13H2,1-2H3. The first kappa shape index (κ1) is 22.2. The maximum absolute atomic E-state index is 14.8. The molecule has 5 rings (SSSR count). The molecular weight excluding hydrogens is 436 g/mol. The molecule has 0 saturated carbocycles. The van der Waals surface area contributed by atoms with E-state index in [0.717, 1.165) is 48.8 Å². The minimum absolute atomic E-state index is 0.0989. The Balaban J connectivity index is 1.70. The Kier molecular flexibility index (Phi) is 5.87. The fraction of sp³-hybridized carbons (Fsp3) is 0.259. The fourth-order valence-electron chi connectivity index (χ4n) is 4.62. The summed E-state index contributed by atoms with van der Waals surface area (Å²) in [6.07, 6.45) is 3.42. The number of rotatable bonds is 4. The van der Waals surface area contributed by atoms with Crippen LogP contribution in [0.25, 0.3) is 28.3 Å². The van der Waals surface area contributed by atoms with Crippen molar-refractivity contribution in [1.29, 1.82) is 0 Å². The van der Waals surface area contributed by atoms with Gasteiger partial charge in [0.2, 0.25) is 0 Å². The molecule has 1 N–H and O–H groups in total. The molecule has 0 radical (unpaired) electrons. The summed E-state index contributed by atoms with van der Waals surface area (Å²) in [4.78, 5) is 17.6. The summed E-state index contributed by atoms with van der Waals surface area (Å²) >= 11 is 0. The van der Waals surface area contributed by atoms with Crippen molar-refractivity contribution in [3.63, 3.8) is 0 Å². The number of piperidine rings is 1. The van der Waals surface area contributed by atoms with Crippen LogP contribution in [-0.2, 0) is 0 Å². The van der Waals surface area contributed by atoms with Gasteiger partial charge in [-0.2, -0.15) is 0 Å². The lowest BCUT2D eigenvalue weighted by Gasteiger charge is -2.19. The third kappa shape index (κ3) is 4.07. The number of aromatic nitrogens is 2. The Bertz CT molecular complexity index is 1400. The Labute approximate surface area is 196 Å². The molecule has 1 aliphatic rings. The van der Waals surface area contributed by atoms with Gasteiger partial charge in [0.05, 0.1) is 11.3 Å². The number of nitrogens with zero attached hydrogens (tertiary/aromatic N) is 2. The Hall–Kier alpha value is -3.58. The lowest BCUT2D eigenvalue weighted by atomic mass is 9.98. The second-order valence-corrected chi connectivity index (χ2v) is 8.74. The summed E-state index contributed by atoms with van der Waals surface area (Å²) in [6, 6.07) is 12.4. The molecule has 0 aliphatic carbocycles. The van der Waals surface area contributed by atoms with Crippen LogP contribution >= 0.6 is 0 Å². The quantitative estimate of drug-likeness (QED) is 0.435. The number of para-hydroxylation sites is 1. The first-order chi connectivity index (χ1) is 16.4. The molecular formula is C27H25F2N3O2. The summed E-state index contributed by atoms with van der Waals surface area (Å²) in [5.74, 6) is -0.527. The van der Waals surface area contributed by atoms with Crippen molar-refractivity contribution in [2.75, 3.05) is 13.1 Å². The van der Waals surface area contributed by atoms with E-state index in [1.54, 1.807) is 16.8 Å². The number of nitrogens with one attached hydrogen (secondary N) is 1. The minimum atomic E-state index is -0.725. The molecule has 1 fully saturated rings. The number of oxazole rings is 1. The fourth-order valence-corrected chi connectivity index (χ4v) is 4.62. The molecule has 1 saturated heterocycles. The molecule has 3 heterocycles. The van der Waals surface area contributed by atoms with Crippen molar-refractivity contribution in [3.05, 3.63) is 93.7 Å². The highest BCUT2D eigenvalue weighted by molar-refractivity contribution is 5.77. The molecule has 0 unspecified atom stereocenters. The number of aryl methyl sites for hydroxylation is 2. The maximum Gasteiger partial charge on any atom is 0.255 e. The van der Waals surface area contributed by atoms with Gasteiger partial charge in [0.15, 0.2) is 11.7 Å². The smallest absolute Gasteiger partial charge is 0.255 e. The number of halogens is 2. The van der Waals surface area contributed by atoms with Crippen LogP contribution in [0.1, 0.15) is 35.8 Å². The lowest BCUT2D eigenvalue weighted by molar-refractivity contribution is 0.378. The third-order valence-electron chi connectivity index (χ3n) is 6.37. The van der Waals surface area contributed by atoms with Gasteiger partial charge in [0.25, 0.3) is 5.56 Å². The molecule has 174 valence electrons. The molecule has 5 nitrogen and oxygen atoms in total. The second-order valence-electron chi connectivity index (χ2n) is 8.74. The van der Waals surface area contributed by atoms with E-state index in [1.807, 2.05) is 32.0 Å². The van der Waals surface area contributed by atoms with Gasteiger partial charge >= 0.3 is 0 Å². The zero-order chi connectivity index (χ0) is 23.8. The van der Waals surface area contributed by atoms with Crippen LogP contribution in [0.3, 0.4) is 0 Å². The van der Waals surface area contributed by atoms with Gasteiger partial charge in [-0.15, -0.1) is 0 Å². The highest BCUT2D eigenvalue weighted by Crippen LogP contribution is 2.38. The number of pyridine rings is 1. The Morgan fingerprint density at radius 2 is 1.76 bits per heavy atom. The summed E-state index contributed by atoms with van der Waals surface area (Å²) in [7, 11) is 0. The molecule has 1 aliphatic heterocycles. The number of hydrogen-bond acceptors (Lipinski definition) is 4. The SMILES string of the molecule is Cc1cccc(C)c1-n1cc(-c2nc(C3CCNCC3)oc2-c2ccc(F)cc2F)ccc1=O. The average molecular weight is 462 g/mol. The monoisotopic (exact) mass is 461 g/mol. The van der Waals surface area contributed by atoms with E-state index in [9.17, 15) is 13.6 Å². The van der Waals surface area contributed by atoms with Crippen LogP contribution in [0.15, 0.2) is 63.9 Å². The molecule has 7 heteroatoms. The minimum Gasteiger partial charge on any atom is -0.440 e. The van der Waals surface area contributed by atoms with Gasteiger partial charge in [0.1, 0.15) is 17.3 Å². The molecule has 0 atom stereocenters. The van der Waals surface area contributed by atoms with E-state index >= 15 is 0 Å². The average Bonchev–Trinajstić information content (AvgIpc) is 3.26. The normalized spacial score (nSPS) is 14.5. The van der Waals surface area contributed by atoms with Crippen LogP contribution in [0.4, 0.5) is 8.78 Å². The van der Waals surface area contributed by atoms with E-state index in [2.05, 4.69) is 5.32 Å². The highest BCUT2D eigenvalue weighted by Gasteiger charge is 2.26. The van der Waals surface area contributed by atoms with E-state index in [4.69, 9.17) is 9.40 Å². The molecule has 2 aromatic heterocycles. The summed E-state index contributed by atoms with van der Waals surface area (Å²) in [6.45, 7) is 5.60. The second kappa shape index (κ2) is 8.99. The summed E-state index contributed by atoms with van der Waals surface area (Å²) in [5.41, 5.74) is 3.71. The largest absolute Gasteiger partial charge is 0.440 e. The van der Waals surface area contributed by atoms with Crippen LogP contribution in [-0.4, -0.2) is 22.6 Å². The Morgan fingerprint density at radius 3 is 2.47 bits per heavy atom. The van der Waals surface area contributed by atoms with Gasteiger partial charge < -0.3 is 9.73 Å². The summed E-state index contributed by atoms with van der Waals surface area (Å²) in [5, 5.41) is 3.32. The molecule has 34 heavy (non-hydrogen) atoms. The van der Waals surface area contributed by atoms with E-state index in [-0.39, 0.29) is 22.8 Å². The van der Waals surface area contributed by atoms with Crippen molar-refractivity contribution in [1.82, 2.24) is 14.9 Å². The molecule has 0 bridgehead atoms. The summed E-state index contributed by atoms with van der Waals surface area (Å²) < 4.78 is 36.2. The topological polar surface area (TPSA) is 60.1 Å². The van der Waals surface area contributed by atoms with Gasteiger partial charge in [0, 0.05) is 29.8 Å². The van der Waals surface area contributed by atoms with Crippen molar-refractivity contribution < 1.29 is 13.2 Å². The maximum atomic E-state index is 14.8. The van der Waals surface area contributed by atoms with Gasteiger partial charge in [-0.25, -0.2) is 13.8 Å². The van der Waals surface area contributed by atoms with Crippen LogP contribution in [0.5, 0.6) is 0 Å². The van der Waals surface area contributed by atoms with Crippen LogP contribution in [0.2, 0.25) is 0 Å². The van der Waals surface area contributed by atoms with Gasteiger partial charge in [-0.3, -0.25) is 9.36 Å². The molecule has 4 aromatic rings. The first-order valence-corrected chi connectivity index (χ1v) is 11.4. The number of benzene rings is 2. The predicted molar refractivity (Wildman–Crippen MR) is 127 cm³/mol. The van der Waals surface area contributed by atoms with Crippen molar-refractivity contribution in [2.24, 2.45) is 0 Å². The predicted octanol–water partition coefficient (Wildman–Crippen LogP) is 5.52. The highest BCUT2D eigenvalue weighted by atomic mass is 19.1. The van der Waals surface area contributed by atoms with Crippen LogP contribution < -0.4 is 10.9 Å². The van der Waals surface area contributed by atoms with E-state index in [0.29, 0.717) is 17.1 Å². The lowest BCUT2D eigenvalue weighted by Crippen LogP contribution is -2.26. The van der Waals surface area contributed by atoms with Gasteiger partial charge in [-0.05, 0) is 69.1 Å². The zero-order valence-corrected chi connectivity index (χ0v) is 19.1. The van der Waals surface area contributed by atoms with Crippen molar-refractivity contribution in [3.8, 4) is 28.3 Å². The van der Waals surface area contributed by atoms with Gasteiger partial charge in [-0.1, -0.05) is 18.2 Å². The number of hydrogen-bond donors (Lipinski definition) is 1. The first-order valence-electron chi connectivity index (χ1n) is 11.4. The Morgan fingerprint density at radius 1 is 1.03 bits per heavy atom. The molecule has 2 aromatic carbocycles.